The van der Waals surface area contributed by atoms with E-state index in [0.29, 0.717) is 43.3 Å². The lowest BCUT2D eigenvalue weighted by atomic mass is 9.70. The van der Waals surface area contributed by atoms with Gasteiger partial charge in [0.25, 0.3) is 0 Å². The average molecular weight is 565 g/mol. The standard InChI is InChI=1S/C32H52O8/c1-35-25-14-22(15-26(31(25)36-2)38-17-20-10-6-4-7-11-20)23-19-40-24-16-27(39-18-21-12-8-5-9-13-21)32(37-3)30(34)28(24)29(23)33/h19-22,24-28,30-32,34H,4-18H2,1-3H3. The Bertz CT molecular complexity index is 835. The number of ether oxygens (including phenoxy) is 6. The summed E-state index contributed by atoms with van der Waals surface area (Å²) >= 11 is 0. The smallest absolute Gasteiger partial charge is 0.171 e. The van der Waals surface area contributed by atoms with Crippen LogP contribution in [-0.4, -0.2) is 88.2 Å². The molecule has 4 aliphatic carbocycles. The molecule has 0 bridgehead atoms. The van der Waals surface area contributed by atoms with Gasteiger partial charge in [-0.15, -0.1) is 0 Å². The van der Waals surface area contributed by atoms with Crippen LogP contribution in [0.15, 0.2) is 11.8 Å². The Morgan fingerprint density at radius 3 is 1.85 bits per heavy atom. The van der Waals surface area contributed by atoms with Crippen molar-refractivity contribution in [3.8, 4) is 0 Å². The largest absolute Gasteiger partial charge is 0.497 e. The number of carbonyl (C=O) groups excluding carboxylic acids is 1. The highest BCUT2D eigenvalue weighted by molar-refractivity contribution is 5.99. The number of aliphatic hydroxyl groups is 1. The number of hydrogen-bond donors (Lipinski definition) is 1. The number of allylic oxidation sites excluding steroid dienone is 1. The number of methoxy groups -OCH3 is 3. The van der Waals surface area contributed by atoms with Gasteiger partial charge in [-0.1, -0.05) is 38.5 Å². The molecule has 0 radical (unpaired) electrons. The summed E-state index contributed by atoms with van der Waals surface area (Å²) in [7, 11) is 5.00. The molecule has 0 aromatic rings. The molecule has 9 atom stereocenters. The molecule has 0 spiro atoms. The fourth-order valence-corrected chi connectivity index (χ4v) is 8.12. The number of fused-ring (bicyclic) bond motifs is 1. The normalized spacial score (nSPS) is 39.9. The quantitative estimate of drug-likeness (QED) is 0.412. The Morgan fingerprint density at radius 2 is 1.30 bits per heavy atom. The number of ketones is 1. The molecular formula is C32H52O8. The summed E-state index contributed by atoms with van der Waals surface area (Å²) in [6.07, 6.45) is 13.2. The molecule has 8 nitrogen and oxygen atoms in total. The van der Waals surface area contributed by atoms with Crippen LogP contribution in [0.5, 0.6) is 0 Å². The lowest BCUT2D eigenvalue weighted by molar-refractivity contribution is -0.189. The number of Topliss-reactive ketones (excluding diaryl/α,β-unsaturated/α-hetero) is 1. The number of aliphatic hydroxyl groups excluding tert-OH is 1. The summed E-state index contributed by atoms with van der Waals surface area (Å²) in [5.74, 6) is 0.352. The monoisotopic (exact) mass is 564 g/mol. The van der Waals surface area contributed by atoms with E-state index in [4.69, 9.17) is 28.4 Å². The van der Waals surface area contributed by atoms with Crippen molar-refractivity contribution in [2.45, 2.75) is 126 Å². The van der Waals surface area contributed by atoms with Crippen molar-refractivity contribution in [3.05, 3.63) is 11.8 Å². The average Bonchev–Trinajstić information content (AvgIpc) is 2.99. The van der Waals surface area contributed by atoms with Crippen molar-refractivity contribution in [2.75, 3.05) is 34.5 Å². The van der Waals surface area contributed by atoms with Crippen LogP contribution in [0, 0.1) is 23.7 Å². The van der Waals surface area contributed by atoms with Crippen molar-refractivity contribution in [1.29, 1.82) is 0 Å². The molecule has 0 amide bonds. The molecule has 4 saturated carbocycles. The molecule has 40 heavy (non-hydrogen) atoms. The van der Waals surface area contributed by atoms with Gasteiger partial charge in [0.15, 0.2) is 5.78 Å². The maximum Gasteiger partial charge on any atom is 0.171 e. The molecule has 0 aromatic heterocycles. The number of rotatable bonds is 10. The highest BCUT2D eigenvalue weighted by Crippen LogP contribution is 2.42. The van der Waals surface area contributed by atoms with Crippen LogP contribution < -0.4 is 0 Å². The van der Waals surface area contributed by atoms with Gasteiger partial charge in [-0.2, -0.15) is 0 Å². The van der Waals surface area contributed by atoms with Crippen LogP contribution in [0.25, 0.3) is 0 Å². The third-order valence-electron chi connectivity index (χ3n) is 10.5. The van der Waals surface area contributed by atoms with E-state index in [9.17, 15) is 9.90 Å². The highest BCUT2D eigenvalue weighted by Gasteiger charge is 2.53. The van der Waals surface area contributed by atoms with Gasteiger partial charge in [0, 0.05) is 46.5 Å². The third kappa shape index (κ3) is 6.78. The lowest BCUT2D eigenvalue weighted by Gasteiger charge is -2.46. The molecule has 1 heterocycles. The first-order valence-electron chi connectivity index (χ1n) is 15.9. The van der Waals surface area contributed by atoms with Crippen LogP contribution in [0.3, 0.4) is 0 Å². The molecular weight excluding hydrogens is 512 g/mol. The Balaban J connectivity index is 1.26. The highest BCUT2D eigenvalue weighted by atomic mass is 16.6. The molecule has 1 aliphatic heterocycles. The first kappa shape index (κ1) is 30.4. The van der Waals surface area contributed by atoms with Crippen molar-refractivity contribution in [2.24, 2.45) is 23.7 Å². The zero-order valence-electron chi connectivity index (χ0n) is 24.8. The minimum absolute atomic E-state index is 0.0433. The van der Waals surface area contributed by atoms with Crippen molar-refractivity contribution >= 4 is 5.78 Å². The summed E-state index contributed by atoms with van der Waals surface area (Å²) in [5, 5.41) is 11.4. The van der Waals surface area contributed by atoms with Crippen molar-refractivity contribution in [1.82, 2.24) is 0 Å². The fraction of sp³-hybridized carbons (Fsp3) is 0.906. The van der Waals surface area contributed by atoms with E-state index >= 15 is 0 Å². The minimum Gasteiger partial charge on any atom is -0.497 e. The van der Waals surface area contributed by atoms with Gasteiger partial charge in [0.1, 0.15) is 18.3 Å². The van der Waals surface area contributed by atoms with E-state index in [1.54, 1.807) is 27.6 Å². The zero-order chi connectivity index (χ0) is 28.1. The topological polar surface area (TPSA) is 92.7 Å². The second-order valence-electron chi connectivity index (χ2n) is 13.0. The van der Waals surface area contributed by atoms with Crippen molar-refractivity contribution < 1.29 is 38.3 Å². The SMILES string of the molecule is COC1CC(C2=COC3CC(OCC4CCCCC4)C(OC)C(O)C3C2=O)CC(OCC2CCCCC2)C1OC. The molecule has 5 rings (SSSR count). The van der Waals surface area contributed by atoms with Crippen LogP contribution in [-0.2, 0) is 33.2 Å². The molecule has 0 saturated heterocycles. The molecule has 5 aliphatic rings. The van der Waals surface area contributed by atoms with E-state index in [0.717, 1.165) is 6.61 Å². The van der Waals surface area contributed by atoms with Gasteiger partial charge in [-0.3, -0.25) is 4.79 Å². The molecule has 228 valence electrons. The Labute approximate surface area is 240 Å². The Kier molecular flexibility index (Phi) is 11.0. The van der Waals surface area contributed by atoms with Crippen LogP contribution in [0.1, 0.15) is 83.5 Å². The second-order valence-corrected chi connectivity index (χ2v) is 13.0. The molecule has 8 heteroatoms. The van der Waals surface area contributed by atoms with E-state index in [-0.39, 0.29) is 36.1 Å². The van der Waals surface area contributed by atoms with Gasteiger partial charge < -0.3 is 33.5 Å². The van der Waals surface area contributed by atoms with E-state index < -0.39 is 24.2 Å². The van der Waals surface area contributed by atoms with E-state index in [2.05, 4.69) is 0 Å². The first-order chi connectivity index (χ1) is 19.5. The number of carbonyl (C=O) groups is 1. The van der Waals surface area contributed by atoms with Crippen LogP contribution >= 0.6 is 0 Å². The van der Waals surface area contributed by atoms with Gasteiger partial charge >= 0.3 is 0 Å². The summed E-state index contributed by atoms with van der Waals surface area (Å²) in [4.78, 5) is 14.0. The molecule has 4 fully saturated rings. The first-order valence-corrected chi connectivity index (χ1v) is 15.9. The Hall–Kier alpha value is -1.03. The lowest BCUT2D eigenvalue weighted by Crippen LogP contribution is -2.59. The minimum atomic E-state index is -0.983. The molecule has 0 aromatic carbocycles. The maximum atomic E-state index is 14.0. The van der Waals surface area contributed by atoms with E-state index in [1.165, 1.54) is 64.2 Å². The fourth-order valence-electron chi connectivity index (χ4n) is 8.12. The van der Waals surface area contributed by atoms with E-state index in [1.807, 2.05) is 0 Å². The van der Waals surface area contributed by atoms with Crippen LogP contribution in [0.2, 0.25) is 0 Å². The summed E-state index contributed by atoms with van der Waals surface area (Å²) in [6.45, 7) is 1.39. The second kappa shape index (κ2) is 14.4. The van der Waals surface area contributed by atoms with Crippen LogP contribution in [0.4, 0.5) is 0 Å². The predicted octanol–water partition coefficient (Wildman–Crippen LogP) is 4.61. The van der Waals surface area contributed by atoms with Gasteiger partial charge in [0.05, 0.1) is 36.6 Å². The molecule has 1 N–H and O–H groups in total. The molecule has 9 unspecified atom stereocenters. The van der Waals surface area contributed by atoms with Gasteiger partial charge in [-0.05, 0) is 56.3 Å². The maximum absolute atomic E-state index is 14.0. The summed E-state index contributed by atoms with van der Waals surface area (Å²) < 4.78 is 36.5. The van der Waals surface area contributed by atoms with Gasteiger partial charge in [0.2, 0.25) is 0 Å². The number of hydrogen-bond acceptors (Lipinski definition) is 8. The summed E-state index contributed by atoms with van der Waals surface area (Å²) in [5.41, 5.74) is 0.625. The van der Waals surface area contributed by atoms with Gasteiger partial charge in [-0.25, -0.2) is 0 Å². The third-order valence-corrected chi connectivity index (χ3v) is 10.5. The van der Waals surface area contributed by atoms with Crippen molar-refractivity contribution in [3.63, 3.8) is 0 Å². The summed E-state index contributed by atoms with van der Waals surface area (Å²) in [6, 6.07) is 0. The zero-order valence-corrected chi connectivity index (χ0v) is 24.8. The predicted molar refractivity (Wildman–Crippen MR) is 150 cm³/mol. The Morgan fingerprint density at radius 1 is 0.750 bits per heavy atom.